The molecule has 1 aliphatic rings. The van der Waals surface area contributed by atoms with Crippen LogP contribution in [0.4, 0.5) is 5.69 Å². The second-order valence-electron chi connectivity index (χ2n) is 7.48. The van der Waals surface area contributed by atoms with E-state index in [0.717, 1.165) is 22.6 Å². The summed E-state index contributed by atoms with van der Waals surface area (Å²) in [5.41, 5.74) is 2.78. The number of ether oxygens (including phenoxy) is 1. The minimum absolute atomic E-state index is 0.0239. The van der Waals surface area contributed by atoms with Crippen molar-refractivity contribution in [1.29, 1.82) is 0 Å². The molecular weight excluding hydrogens is 380 g/mol. The second kappa shape index (κ2) is 8.06. The molecule has 1 atom stereocenters. The van der Waals surface area contributed by atoms with Gasteiger partial charge in [0.1, 0.15) is 18.1 Å². The van der Waals surface area contributed by atoms with Crippen LogP contribution in [0.2, 0.25) is 0 Å². The summed E-state index contributed by atoms with van der Waals surface area (Å²) in [6.07, 6.45) is 0. The van der Waals surface area contributed by atoms with Crippen LogP contribution in [0.25, 0.3) is 11.3 Å². The van der Waals surface area contributed by atoms with Gasteiger partial charge in [-0.2, -0.15) is 0 Å². The molecule has 2 heterocycles. The van der Waals surface area contributed by atoms with E-state index in [1.165, 1.54) is 0 Å². The zero-order valence-electron chi connectivity index (χ0n) is 17.3. The summed E-state index contributed by atoms with van der Waals surface area (Å²) in [4.78, 5) is 29.2. The average Bonchev–Trinajstić information content (AvgIpc) is 3.24. The lowest BCUT2D eigenvalue weighted by Crippen LogP contribution is -2.57. The van der Waals surface area contributed by atoms with Crippen molar-refractivity contribution in [3.8, 4) is 17.1 Å². The predicted molar refractivity (Wildman–Crippen MR) is 115 cm³/mol. The third-order valence-corrected chi connectivity index (χ3v) is 5.37. The van der Waals surface area contributed by atoms with Crippen molar-refractivity contribution < 1.29 is 18.7 Å². The van der Waals surface area contributed by atoms with E-state index in [2.05, 4.69) is 0 Å². The Morgan fingerprint density at radius 3 is 2.47 bits per heavy atom. The minimum Gasteiger partial charge on any atom is -0.497 e. The molecule has 4 rings (SSSR count). The zero-order valence-corrected chi connectivity index (χ0v) is 17.3. The van der Waals surface area contributed by atoms with Gasteiger partial charge in [-0.15, -0.1) is 0 Å². The SMILES string of the molecule is COc1ccc(-c2ccc(C(=O)N3CC(=O)N(c4ccccc4C)[C@H](C)C3)o2)cc1. The molecule has 2 aromatic carbocycles. The van der Waals surface area contributed by atoms with Gasteiger partial charge < -0.3 is 19.0 Å². The summed E-state index contributed by atoms with van der Waals surface area (Å²) in [7, 11) is 1.61. The molecule has 30 heavy (non-hydrogen) atoms. The molecule has 6 heteroatoms. The molecule has 1 aliphatic heterocycles. The lowest BCUT2D eigenvalue weighted by Gasteiger charge is -2.39. The number of hydrogen-bond acceptors (Lipinski definition) is 4. The van der Waals surface area contributed by atoms with Crippen molar-refractivity contribution in [1.82, 2.24) is 4.90 Å². The number of nitrogens with zero attached hydrogens (tertiary/aromatic N) is 2. The quantitative estimate of drug-likeness (QED) is 0.656. The van der Waals surface area contributed by atoms with Gasteiger partial charge in [0, 0.05) is 17.8 Å². The van der Waals surface area contributed by atoms with Gasteiger partial charge in [0.05, 0.1) is 13.2 Å². The maximum Gasteiger partial charge on any atom is 0.290 e. The predicted octanol–water partition coefficient (Wildman–Crippen LogP) is 4.14. The van der Waals surface area contributed by atoms with Crippen LogP contribution in [0.1, 0.15) is 23.0 Å². The maximum absolute atomic E-state index is 13.0. The van der Waals surface area contributed by atoms with E-state index in [1.54, 1.807) is 29.0 Å². The Bertz CT molecular complexity index is 1070. The van der Waals surface area contributed by atoms with Crippen LogP contribution in [0.5, 0.6) is 5.75 Å². The Hall–Kier alpha value is -3.54. The van der Waals surface area contributed by atoms with E-state index in [0.29, 0.717) is 12.3 Å². The molecule has 1 fully saturated rings. The number of piperazine rings is 1. The summed E-state index contributed by atoms with van der Waals surface area (Å²) in [5, 5.41) is 0. The van der Waals surface area contributed by atoms with Crippen molar-refractivity contribution in [2.24, 2.45) is 0 Å². The number of carbonyl (C=O) groups is 2. The Morgan fingerprint density at radius 1 is 1.07 bits per heavy atom. The number of amides is 2. The lowest BCUT2D eigenvalue weighted by atomic mass is 10.1. The molecule has 0 bridgehead atoms. The van der Waals surface area contributed by atoms with Gasteiger partial charge in [-0.25, -0.2) is 0 Å². The van der Waals surface area contributed by atoms with Crippen LogP contribution < -0.4 is 9.64 Å². The number of anilines is 1. The largest absolute Gasteiger partial charge is 0.497 e. The summed E-state index contributed by atoms with van der Waals surface area (Å²) < 4.78 is 11.0. The smallest absolute Gasteiger partial charge is 0.290 e. The summed E-state index contributed by atoms with van der Waals surface area (Å²) in [6.45, 7) is 4.40. The number of rotatable bonds is 4. The molecule has 1 aromatic heterocycles. The fourth-order valence-electron chi connectivity index (χ4n) is 3.83. The highest BCUT2D eigenvalue weighted by atomic mass is 16.5. The Labute approximate surface area is 175 Å². The number of benzene rings is 2. The van der Waals surface area contributed by atoms with Gasteiger partial charge in [-0.05, 0) is 61.9 Å². The average molecular weight is 404 g/mol. The van der Waals surface area contributed by atoms with Crippen LogP contribution >= 0.6 is 0 Å². The van der Waals surface area contributed by atoms with Gasteiger partial charge in [0.2, 0.25) is 5.91 Å². The van der Waals surface area contributed by atoms with Gasteiger partial charge in [-0.3, -0.25) is 9.59 Å². The van der Waals surface area contributed by atoms with Crippen molar-refractivity contribution in [2.75, 3.05) is 25.1 Å². The van der Waals surface area contributed by atoms with E-state index in [9.17, 15) is 9.59 Å². The van der Waals surface area contributed by atoms with E-state index in [4.69, 9.17) is 9.15 Å². The second-order valence-corrected chi connectivity index (χ2v) is 7.48. The van der Waals surface area contributed by atoms with Crippen LogP contribution in [-0.4, -0.2) is 43.0 Å². The van der Waals surface area contributed by atoms with Crippen LogP contribution in [0.3, 0.4) is 0 Å². The molecule has 6 nitrogen and oxygen atoms in total. The fourth-order valence-corrected chi connectivity index (χ4v) is 3.83. The Morgan fingerprint density at radius 2 is 1.80 bits per heavy atom. The molecule has 1 saturated heterocycles. The Kier molecular flexibility index (Phi) is 5.31. The van der Waals surface area contributed by atoms with Crippen LogP contribution in [0.15, 0.2) is 65.1 Å². The van der Waals surface area contributed by atoms with E-state index in [1.807, 2.05) is 62.4 Å². The number of carbonyl (C=O) groups excluding carboxylic acids is 2. The number of para-hydroxylation sites is 1. The zero-order chi connectivity index (χ0) is 21.3. The molecule has 2 amide bonds. The number of methoxy groups -OCH3 is 1. The normalized spacial score (nSPS) is 16.6. The lowest BCUT2D eigenvalue weighted by molar-refractivity contribution is -0.121. The monoisotopic (exact) mass is 404 g/mol. The summed E-state index contributed by atoms with van der Waals surface area (Å²) in [5.74, 6) is 1.20. The summed E-state index contributed by atoms with van der Waals surface area (Å²) >= 11 is 0. The molecule has 0 aliphatic carbocycles. The third-order valence-electron chi connectivity index (χ3n) is 5.37. The number of furan rings is 1. The molecule has 0 unspecified atom stereocenters. The first-order valence-electron chi connectivity index (χ1n) is 9.89. The highest BCUT2D eigenvalue weighted by Crippen LogP contribution is 2.28. The van der Waals surface area contributed by atoms with Crippen molar-refractivity contribution >= 4 is 17.5 Å². The van der Waals surface area contributed by atoms with Gasteiger partial charge in [-0.1, -0.05) is 18.2 Å². The third kappa shape index (κ3) is 3.68. The fraction of sp³-hybridized carbons (Fsp3) is 0.250. The van der Waals surface area contributed by atoms with Crippen LogP contribution in [0, 0.1) is 6.92 Å². The van der Waals surface area contributed by atoms with Crippen molar-refractivity contribution in [2.45, 2.75) is 19.9 Å². The number of aryl methyl sites for hydroxylation is 1. The minimum atomic E-state index is -0.278. The van der Waals surface area contributed by atoms with Gasteiger partial charge >= 0.3 is 0 Å². The standard InChI is InChI=1S/C24H24N2O4/c1-16-6-4-5-7-20(16)26-17(2)14-25(15-23(26)27)24(28)22-13-12-21(30-22)18-8-10-19(29-3)11-9-18/h4-13,17H,14-15H2,1-3H3/t17-/m1/s1. The first-order valence-corrected chi connectivity index (χ1v) is 9.89. The van der Waals surface area contributed by atoms with Crippen LogP contribution in [-0.2, 0) is 4.79 Å². The first kappa shape index (κ1) is 19.8. The van der Waals surface area contributed by atoms with Gasteiger partial charge in [0.25, 0.3) is 5.91 Å². The molecular formula is C24H24N2O4. The van der Waals surface area contributed by atoms with Crippen molar-refractivity contribution in [3.05, 3.63) is 72.0 Å². The molecule has 0 N–H and O–H groups in total. The number of hydrogen-bond donors (Lipinski definition) is 0. The topological polar surface area (TPSA) is 63.0 Å². The van der Waals surface area contributed by atoms with Crippen molar-refractivity contribution in [3.63, 3.8) is 0 Å². The Balaban J connectivity index is 1.50. The van der Waals surface area contributed by atoms with E-state index < -0.39 is 0 Å². The maximum atomic E-state index is 13.0. The van der Waals surface area contributed by atoms with E-state index in [-0.39, 0.29) is 30.2 Å². The van der Waals surface area contributed by atoms with E-state index >= 15 is 0 Å². The summed E-state index contributed by atoms with van der Waals surface area (Å²) in [6, 6.07) is 18.5. The molecule has 3 aromatic rings. The molecule has 0 radical (unpaired) electrons. The highest BCUT2D eigenvalue weighted by molar-refractivity contribution is 6.01. The molecule has 0 saturated carbocycles. The van der Waals surface area contributed by atoms with Gasteiger partial charge in [0.15, 0.2) is 5.76 Å². The molecule has 0 spiro atoms. The first-order chi connectivity index (χ1) is 14.5. The highest BCUT2D eigenvalue weighted by Gasteiger charge is 2.35. The molecule has 154 valence electrons.